The number of aliphatic carboxylic acids is 1. The summed E-state index contributed by atoms with van der Waals surface area (Å²) in [5.41, 5.74) is 1.50. The number of allylic oxidation sites excluding steroid dienone is 2. The van der Waals surface area contributed by atoms with Gasteiger partial charge in [-0.2, -0.15) is 0 Å². The monoisotopic (exact) mass is 482 g/mol. The maximum Gasteiger partial charge on any atom is 0.311 e. The van der Waals surface area contributed by atoms with Crippen molar-refractivity contribution < 1.29 is 44.0 Å². The van der Waals surface area contributed by atoms with E-state index in [1.807, 2.05) is 0 Å². The number of methoxy groups -OCH3 is 1. The van der Waals surface area contributed by atoms with Gasteiger partial charge in [0.25, 0.3) is 0 Å². The predicted molar refractivity (Wildman–Crippen MR) is 127 cm³/mol. The lowest BCUT2D eigenvalue weighted by atomic mass is 10.1. The molecule has 2 aromatic rings. The minimum absolute atomic E-state index is 0.0464. The Morgan fingerprint density at radius 2 is 1.51 bits per heavy atom. The zero-order valence-electron chi connectivity index (χ0n) is 19.1. The van der Waals surface area contributed by atoms with E-state index in [4.69, 9.17) is 14.6 Å². The van der Waals surface area contributed by atoms with Crippen LogP contribution in [-0.4, -0.2) is 45.9 Å². The first kappa shape index (κ1) is 27.0. The van der Waals surface area contributed by atoms with Crippen LogP contribution >= 0.6 is 0 Å². The van der Waals surface area contributed by atoms with Gasteiger partial charge in [0.15, 0.2) is 23.1 Å². The smallest absolute Gasteiger partial charge is 0.311 e. The summed E-state index contributed by atoms with van der Waals surface area (Å²) in [7, 11) is 1.39. The number of rotatable bonds is 13. The van der Waals surface area contributed by atoms with Crippen molar-refractivity contribution in [2.75, 3.05) is 7.11 Å². The Morgan fingerprint density at radius 3 is 2.11 bits per heavy atom. The van der Waals surface area contributed by atoms with E-state index in [0.29, 0.717) is 16.7 Å². The van der Waals surface area contributed by atoms with E-state index in [1.165, 1.54) is 49.6 Å². The van der Waals surface area contributed by atoms with Crippen molar-refractivity contribution in [2.24, 2.45) is 0 Å². The van der Waals surface area contributed by atoms with Crippen molar-refractivity contribution >= 4 is 35.7 Å². The fourth-order valence-corrected chi connectivity index (χ4v) is 2.93. The summed E-state index contributed by atoms with van der Waals surface area (Å²) in [5, 5.41) is 27.4. The highest BCUT2D eigenvalue weighted by atomic mass is 16.6. The standard InChI is InChI=1S/C26H26O9/c1-34-24-14-18(8-12-23(24)35-26(33)4-2-3-25(31)32)6-10-21(29)15-20(28)9-5-17-7-11-22(30)19(13-17)16-27/h5-14,27,30H,2-4,15-16H2,1H3,(H,31,32)/b9-5-,10-6-. The first-order valence-corrected chi connectivity index (χ1v) is 10.7. The molecule has 0 aliphatic rings. The molecule has 9 heteroatoms. The van der Waals surface area contributed by atoms with E-state index in [1.54, 1.807) is 18.2 Å². The van der Waals surface area contributed by atoms with Gasteiger partial charge >= 0.3 is 11.9 Å². The second kappa shape index (κ2) is 13.5. The van der Waals surface area contributed by atoms with Gasteiger partial charge in [-0.25, -0.2) is 0 Å². The maximum atomic E-state index is 12.1. The molecule has 0 aromatic heterocycles. The molecule has 9 nitrogen and oxygen atoms in total. The Balaban J connectivity index is 1.94. The van der Waals surface area contributed by atoms with Gasteiger partial charge in [-0.1, -0.05) is 24.3 Å². The first-order valence-electron chi connectivity index (χ1n) is 10.7. The van der Waals surface area contributed by atoms with Crippen LogP contribution in [0.25, 0.3) is 12.2 Å². The average Bonchev–Trinajstić information content (AvgIpc) is 2.82. The molecule has 0 aliphatic heterocycles. The number of aromatic hydroxyl groups is 1. The van der Waals surface area contributed by atoms with E-state index < -0.39 is 23.5 Å². The molecular formula is C26H26O9. The van der Waals surface area contributed by atoms with E-state index in [9.17, 15) is 29.4 Å². The number of carbonyl (C=O) groups excluding carboxylic acids is 3. The third kappa shape index (κ3) is 9.26. The van der Waals surface area contributed by atoms with Crippen LogP contribution in [0.3, 0.4) is 0 Å². The van der Waals surface area contributed by atoms with E-state index >= 15 is 0 Å². The number of hydrogen-bond donors (Lipinski definition) is 3. The van der Waals surface area contributed by atoms with Crippen molar-refractivity contribution in [3.63, 3.8) is 0 Å². The highest BCUT2D eigenvalue weighted by Gasteiger charge is 2.12. The van der Waals surface area contributed by atoms with Crippen LogP contribution in [0.15, 0.2) is 48.6 Å². The van der Waals surface area contributed by atoms with Crippen LogP contribution in [0.5, 0.6) is 17.2 Å². The number of ether oxygens (including phenoxy) is 2. The van der Waals surface area contributed by atoms with Gasteiger partial charge in [-0.05, 0) is 54.0 Å². The number of aliphatic hydroxyl groups excluding tert-OH is 1. The molecular weight excluding hydrogens is 456 g/mol. The van der Waals surface area contributed by atoms with Gasteiger partial charge in [0.05, 0.1) is 20.1 Å². The Morgan fingerprint density at radius 1 is 0.886 bits per heavy atom. The van der Waals surface area contributed by atoms with E-state index in [-0.39, 0.29) is 49.5 Å². The summed E-state index contributed by atoms with van der Waals surface area (Å²) < 4.78 is 10.4. The molecule has 0 aliphatic carbocycles. The van der Waals surface area contributed by atoms with Gasteiger partial charge < -0.3 is 24.8 Å². The van der Waals surface area contributed by atoms with Crippen molar-refractivity contribution in [1.29, 1.82) is 0 Å². The predicted octanol–water partition coefficient (Wildman–Crippen LogP) is 3.31. The Labute approximate surface area is 201 Å². The highest BCUT2D eigenvalue weighted by molar-refractivity contribution is 6.10. The molecule has 2 aromatic carbocycles. The number of benzene rings is 2. The zero-order valence-corrected chi connectivity index (χ0v) is 19.1. The SMILES string of the molecule is COc1cc(/C=C\C(=O)CC(=O)/C=C\c2ccc(O)c(CO)c2)ccc1OC(=O)CCCC(=O)O. The minimum atomic E-state index is -0.993. The van der Waals surface area contributed by atoms with Gasteiger partial charge in [-0.3, -0.25) is 19.2 Å². The molecule has 0 fully saturated rings. The van der Waals surface area contributed by atoms with Crippen molar-refractivity contribution in [2.45, 2.75) is 32.3 Å². The number of carboxylic acid groups (broad SMARTS) is 1. The second-order valence-corrected chi connectivity index (χ2v) is 7.45. The second-order valence-electron chi connectivity index (χ2n) is 7.45. The number of hydrogen-bond acceptors (Lipinski definition) is 8. The molecule has 0 heterocycles. The van der Waals surface area contributed by atoms with Crippen LogP contribution in [0.4, 0.5) is 0 Å². The van der Waals surface area contributed by atoms with Gasteiger partial charge in [0, 0.05) is 18.4 Å². The third-order valence-corrected chi connectivity index (χ3v) is 4.73. The van der Waals surface area contributed by atoms with Crippen LogP contribution in [0.2, 0.25) is 0 Å². The van der Waals surface area contributed by atoms with Crippen LogP contribution in [0, 0.1) is 0 Å². The molecule has 0 unspecified atom stereocenters. The molecule has 35 heavy (non-hydrogen) atoms. The van der Waals surface area contributed by atoms with Crippen molar-refractivity contribution in [3.8, 4) is 17.2 Å². The van der Waals surface area contributed by atoms with Crippen LogP contribution in [-0.2, 0) is 25.8 Å². The number of ketones is 2. The van der Waals surface area contributed by atoms with Gasteiger partial charge in [-0.15, -0.1) is 0 Å². The highest BCUT2D eigenvalue weighted by Crippen LogP contribution is 2.29. The summed E-state index contributed by atoms with van der Waals surface area (Å²) in [5.74, 6) is -2.05. The number of esters is 1. The minimum Gasteiger partial charge on any atom is -0.508 e. The number of carbonyl (C=O) groups is 4. The van der Waals surface area contributed by atoms with E-state index in [2.05, 4.69) is 0 Å². The fourth-order valence-electron chi connectivity index (χ4n) is 2.93. The molecule has 0 spiro atoms. The molecule has 0 atom stereocenters. The summed E-state index contributed by atoms with van der Waals surface area (Å²) in [6.07, 6.45) is 5.11. The topological polar surface area (TPSA) is 147 Å². The van der Waals surface area contributed by atoms with Crippen molar-refractivity contribution in [3.05, 3.63) is 65.2 Å². The summed E-state index contributed by atoms with van der Waals surface area (Å²) in [6.45, 7) is -0.342. The van der Waals surface area contributed by atoms with Crippen LogP contribution < -0.4 is 9.47 Å². The van der Waals surface area contributed by atoms with E-state index in [0.717, 1.165) is 0 Å². The molecule has 0 bridgehead atoms. The lowest BCUT2D eigenvalue weighted by molar-refractivity contribution is -0.138. The summed E-state index contributed by atoms with van der Waals surface area (Å²) in [4.78, 5) is 46.6. The lowest BCUT2D eigenvalue weighted by Gasteiger charge is -2.09. The summed E-state index contributed by atoms with van der Waals surface area (Å²) >= 11 is 0. The third-order valence-electron chi connectivity index (χ3n) is 4.73. The number of phenols is 1. The number of aliphatic hydroxyl groups is 1. The average molecular weight is 482 g/mol. The Kier molecular flexibility index (Phi) is 10.4. The molecule has 184 valence electrons. The molecule has 2 rings (SSSR count). The Hall–Kier alpha value is -4.24. The maximum absolute atomic E-state index is 12.1. The quantitative estimate of drug-likeness (QED) is 0.169. The van der Waals surface area contributed by atoms with Crippen molar-refractivity contribution in [1.82, 2.24) is 0 Å². The lowest BCUT2D eigenvalue weighted by Crippen LogP contribution is -2.09. The summed E-state index contributed by atoms with van der Waals surface area (Å²) in [6, 6.07) is 9.15. The molecule has 3 N–H and O–H groups in total. The largest absolute Gasteiger partial charge is 0.508 e. The fraction of sp³-hybridized carbons (Fsp3) is 0.231. The molecule has 0 amide bonds. The van der Waals surface area contributed by atoms with Gasteiger partial charge in [0.1, 0.15) is 5.75 Å². The van der Waals surface area contributed by atoms with Crippen LogP contribution in [0.1, 0.15) is 42.4 Å². The molecule has 0 saturated carbocycles. The zero-order chi connectivity index (χ0) is 25.8. The first-order chi connectivity index (χ1) is 16.7. The number of carboxylic acids is 1. The molecule has 0 saturated heterocycles. The normalized spacial score (nSPS) is 11.0. The molecule has 0 radical (unpaired) electrons. The van der Waals surface area contributed by atoms with Gasteiger partial charge in [0.2, 0.25) is 0 Å². The Bertz CT molecular complexity index is 1150.